The molecule has 1 saturated carbocycles. The SMILES string of the molecule is CCOc1ccc(CCNC2CCCC2N)cc1C. The highest BCUT2D eigenvalue weighted by molar-refractivity contribution is 5.36. The first-order valence-corrected chi connectivity index (χ1v) is 7.42. The highest BCUT2D eigenvalue weighted by atomic mass is 16.5. The van der Waals surface area contributed by atoms with Gasteiger partial charge in [0.2, 0.25) is 0 Å². The largest absolute Gasteiger partial charge is 0.494 e. The molecule has 1 aliphatic carbocycles. The minimum atomic E-state index is 0.349. The van der Waals surface area contributed by atoms with E-state index in [1.807, 2.05) is 6.92 Å². The van der Waals surface area contributed by atoms with Crippen LogP contribution in [0.15, 0.2) is 18.2 Å². The lowest BCUT2D eigenvalue weighted by molar-refractivity contribution is 0.338. The van der Waals surface area contributed by atoms with Crippen molar-refractivity contribution in [3.8, 4) is 5.75 Å². The van der Waals surface area contributed by atoms with Crippen molar-refractivity contribution in [2.45, 2.75) is 51.6 Å². The number of benzene rings is 1. The average Bonchev–Trinajstić information content (AvgIpc) is 2.79. The maximum Gasteiger partial charge on any atom is 0.122 e. The molecule has 19 heavy (non-hydrogen) atoms. The Morgan fingerprint density at radius 2 is 2.21 bits per heavy atom. The standard InChI is InChI=1S/C16H26N2O/c1-3-19-16-8-7-13(11-12(16)2)9-10-18-15-6-4-5-14(15)17/h7-8,11,14-15,18H,3-6,9-10,17H2,1-2H3. The highest BCUT2D eigenvalue weighted by Crippen LogP contribution is 2.20. The molecule has 3 heteroatoms. The number of ether oxygens (including phenoxy) is 1. The van der Waals surface area contributed by atoms with E-state index in [-0.39, 0.29) is 0 Å². The Morgan fingerprint density at radius 1 is 1.37 bits per heavy atom. The Labute approximate surface area is 116 Å². The van der Waals surface area contributed by atoms with E-state index in [9.17, 15) is 0 Å². The van der Waals surface area contributed by atoms with E-state index in [4.69, 9.17) is 10.5 Å². The highest BCUT2D eigenvalue weighted by Gasteiger charge is 2.22. The van der Waals surface area contributed by atoms with E-state index in [1.54, 1.807) is 0 Å². The van der Waals surface area contributed by atoms with Gasteiger partial charge in [0.1, 0.15) is 5.75 Å². The maximum absolute atomic E-state index is 6.06. The molecule has 1 aliphatic rings. The number of aryl methyl sites for hydroxylation is 1. The Kier molecular flexibility index (Phi) is 5.23. The summed E-state index contributed by atoms with van der Waals surface area (Å²) in [5, 5.41) is 3.58. The lowest BCUT2D eigenvalue weighted by atomic mass is 10.1. The van der Waals surface area contributed by atoms with E-state index in [0.717, 1.165) is 25.3 Å². The predicted octanol–water partition coefficient (Wildman–Crippen LogP) is 2.41. The van der Waals surface area contributed by atoms with Crippen molar-refractivity contribution >= 4 is 0 Å². The van der Waals surface area contributed by atoms with Gasteiger partial charge in [-0.05, 0) is 56.8 Å². The van der Waals surface area contributed by atoms with Crippen molar-refractivity contribution in [1.82, 2.24) is 5.32 Å². The summed E-state index contributed by atoms with van der Waals surface area (Å²) in [7, 11) is 0. The van der Waals surface area contributed by atoms with Crippen LogP contribution in [0.3, 0.4) is 0 Å². The second-order valence-corrected chi connectivity index (χ2v) is 5.44. The zero-order chi connectivity index (χ0) is 13.7. The zero-order valence-corrected chi connectivity index (χ0v) is 12.1. The monoisotopic (exact) mass is 262 g/mol. The molecule has 2 rings (SSSR count). The van der Waals surface area contributed by atoms with Crippen LogP contribution in [0, 0.1) is 6.92 Å². The third-order valence-corrected chi connectivity index (χ3v) is 3.93. The van der Waals surface area contributed by atoms with Gasteiger partial charge < -0.3 is 15.8 Å². The molecule has 1 fully saturated rings. The van der Waals surface area contributed by atoms with Gasteiger partial charge in [-0.1, -0.05) is 18.6 Å². The van der Waals surface area contributed by atoms with Crippen LogP contribution in [0.5, 0.6) is 5.75 Å². The molecule has 0 heterocycles. The van der Waals surface area contributed by atoms with E-state index in [1.165, 1.54) is 30.4 Å². The van der Waals surface area contributed by atoms with Crippen molar-refractivity contribution in [2.75, 3.05) is 13.2 Å². The fourth-order valence-electron chi connectivity index (χ4n) is 2.83. The first-order chi connectivity index (χ1) is 9.20. The lowest BCUT2D eigenvalue weighted by Crippen LogP contribution is -2.41. The van der Waals surface area contributed by atoms with Crippen LogP contribution in [0.2, 0.25) is 0 Å². The molecule has 1 aromatic rings. The minimum absolute atomic E-state index is 0.349. The quantitative estimate of drug-likeness (QED) is 0.827. The van der Waals surface area contributed by atoms with Crippen LogP contribution in [0.1, 0.15) is 37.3 Å². The first kappa shape index (κ1) is 14.4. The van der Waals surface area contributed by atoms with Crippen molar-refractivity contribution in [3.05, 3.63) is 29.3 Å². The van der Waals surface area contributed by atoms with Gasteiger partial charge in [0.25, 0.3) is 0 Å². The van der Waals surface area contributed by atoms with Gasteiger partial charge in [-0.2, -0.15) is 0 Å². The summed E-state index contributed by atoms with van der Waals surface area (Å²) >= 11 is 0. The summed E-state index contributed by atoms with van der Waals surface area (Å²) in [6.45, 7) is 5.85. The van der Waals surface area contributed by atoms with Gasteiger partial charge in [0.05, 0.1) is 6.61 Å². The van der Waals surface area contributed by atoms with Crippen LogP contribution < -0.4 is 15.8 Å². The van der Waals surface area contributed by atoms with Crippen molar-refractivity contribution < 1.29 is 4.74 Å². The van der Waals surface area contributed by atoms with Crippen LogP contribution in [-0.2, 0) is 6.42 Å². The molecular formula is C16H26N2O. The van der Waals surface area contributed by atoms with Gasteiger partial charge in [-0.3, -0.25) is 0 Å². The van der Waals surface area contributed by atoms with E-state index in [2.05, 4.69) is 30.4 Å². The molecule has 0 spiro atoms. The second-order valence-electron chi connectivity index (χ2n) is 5.44. The topological polar surface area (TPSA) is 47.3 Å². The fraction of sp³-hybridized carbons (Fsp3) is 0.625. The lowest BCUT2D eigenvalue weighted by Gasteiger charge is -2.17. The Hall–Kier alpha value is -1.06. The Morgan fingerprint density at radius 3 is 2.84 bits per heavy atom. The fourth-order valence-corrected chi connectivity index (χ4v) is 2.83. The van der Waals surface area contributed by atoms with Crippen LogP contribution in [-0.4, -0.2) is 25.2 Å². The number of hydrogen-bond acceptors (Lipinski definition) is 3. The molecule has 1 aromatic carbocycles. The third-order valence-electron chi connectivity index (χ3n) is 3.93. The maximum atomic E-state index is 6.06. The number of nitrogens with one attached hydrogen (secondary N) is 1. The van der Waals surface area contributed by atoms with Crippen molar-refractivity contribution in [3.63, 3.8) is 0 Å². The van der Waals surface area contributed by atoms with Crippen LogP contribution in [0.25, 0.3) is 0 Å². The molecule has 0 saturated heterocycles. The van der Waals surface area contributed by atoms with Gasteiger partial charge in [-0.15, -0.1) is 0 Å². The van der Waals surface area contributed by atoms with Crippen LogP contribution in [0.4, 0.5) is 0 Å². The zero-order valence-electron chi connectivity index (χ0n) is 12.1. The van der Waals surface area contributed by atoms with Gasteiger partial charge in [0, 0.05) is 12.1 Å². The minimum Gasteiger partial charge on any atom is -0.494 e. The molecule has 3 nitrogen and oxygen atoms in total. The van der Waals surface area contributed by atoms with E-state index in [0.29, 0.717) is 12.1 Å². The molecule has 2 atom stereocenters. The molecule has 3 N–H and O–H groups in total. The Bertz CT molecular complexity index is 406. The molecule has 106 valence electrons. The third kappa shape index (κ3) is 3.95. The summed E-state index contributed by atoms with van der Waals surface area (Å²) < 4.78 is 5.56. The normalized spacial score (nSPS) is 22.7. The first-order valence-electron chi connectivity index (χ1n) is 7.42. The molecule has 0 radical (unpaired) electrons. The van der Waals surface area contributed by atoms with Crippen molar-refractivity contribution in [1.29, 1.82) is 0 Å². The summed E-state index contributed by atoms with van der Waals surface area (Å²) in [6, 6.07) is 7.33. The molecule has 0 bridgehead atoms. The smallest absolute Gasteiger partial charge is 0.122 e. The van der Waals surface area contributed by atoms with E-state index >= 15 is 0 Å². The second kappa shape index (κ2) is 6.92. The van der Waals surface area contributed by atoms with Crippen molar-refractivity contribution in [2.24, 2.45) is 5.73 Å². The summed E-state index contributed by atoms with van der Waals surface area (Å²) in [5.74, 6) is 0.997. The molecule has 0 amide bonds. The molecular weight excluding hydrogens is 236 g/mol. The molecule has 0 aliphatic heterocycles. The van der Waals surface area contributed by atoms with Gasteiger partial charge in [-0.25, -0.2) is 0 Å². The number of nitrogens with two attached hydrogens (primary N) is 1. The summed E-state index contributed by atoms with van der Waals surface area (Å²) in [5.41, 5.74) is 8.64. The predicted molar refractivity (Wildman–Crippen MR) is 79.7 cm³/mol. The van der Waals surface area contributed by atoms with Gasteiger partial charge in [0.15, 0.2) is 0 Å². The van der Waals surface area contributed by atoms with Crippen LogP contribution >= 0.6 is 0 Å². The molecule has 0 aromatic heterocycles. The summed E-state index contributed by atoms with van der Waals surface area (Å²) in [6.07, 6.45) is 4.71. The summed E-state index contributed by atoms with van der Waals surface area (Å²) in [4.78, 5) is 0. The van der Waals surface area contributed by atoms with E-state index < -0.39 is 0 Å². The molecule has 2 unspecified atom stereocenters. The number of rotatable bonds is 6. The number of hydrogen-bond donors (Lipinski definition) is 2. The van der Waals surface area contributed by atoms with Gasteiger partial charge >= 0.3 is 0 Å². The average molecular weight is 262 g/mol. The Balaban J connectivity index is 1.81.